The maximum absolute atomic E-state index is 12.2. The summed E-state index contributed by atoms with van der Waals surface area (Å²) in [4.78, 5) is 24.3. The van der Waals surface area contributed by atoms with E-state index in [9.17, 15) is 9.59 Å². The molecule has 2 heterocycles. The summed E-state index contributed by atoms with van der Waals surface area (Å²) in [6, 6.07) is 12.4. The van der Waals surface area contributed by atoms with Gasteiger partial charge in [0, 0.05) is 5.39 Å². The van der Waals surface area contributed by atoms with Gasteiger partial charge in [-0.05, 0) is 30.7 Å². The van der Waals surface area contributed by atoms with Crippen LogP contribution in [0.4, 0.5) is 0 Å². The highest BCUT2D eigenvalue weighted by atomic mass is 16.7. The lowest BCUT2D eigenvalue weighted by Gasteiger charge is -2.14. The van der Waals surface area contributed by atoms with Crippen LogP contribution in [0.5, 0.6) is 11.5 Å². The third-order valence-corrected chi connectivity index (χ3v) is 4.27. The maximum atomic E-state index is 12.2. The molecule has 0 saturated carbocycles. The van der Waals surface area contributed by atoms with Crippen molar-refractivity contribution < 1.29 is 23.8 Å². The average molecular weight is 367 g/mol. The Hall–Kier alpha value is -3.55. The molecule has 0 bridgehead atoms. The summed E-state index contributed by atoms with van der Waals surface area (Å²) in [6.45, 7) is 1.63. The lowest BCUT2D eigenvalue weighted by Crippen LogP contribution is -2.31. The van der Waals surface area contributed by atoms with Crippen LogP contribution in [0.25, 0.3) is 10.9 Å². The average Bonchev–Trinajstić information content (AvgIpc) is 3.32. The van der Waals surface area contributed by atoms with E-state index in [4.69, 9.17) is 14.2 Å². The van der Waals surface area contributed by atoms with Crippen molar-refractivity contribution in [2.24, 2.45) is 0 Å². The second-order valence-electron chi connectivity index (χ2n) is 6.10. The van der Waals surface area contributed by atoms with Gasteiger partial charge in [-0.3, -0.25) is 9.89 Å². The van der Waals surface area contributed by atoms with Crippen molar-refractivity contribution >= 4 is 22.8 Å². The molecule has 0 unspecified atom stereocenters. The molecule has 0 radical (unpaired) electrons. The van der Waals surface area contributed by atoms with Gasteiger partial charge in [0.05, 0.1) is 11.6 Å². The molecule has 1 aromatic heterocycles. The predicted octanol–water partition coefficient (Wildman–Crippen LogP) is 2.33. The van der Waals surface area contributed by atoms with Gasteiger partial charge in [-0.2, -0.15) is 5.10 Å². The van der Waals surface area contributed by atoms with Crippen LogP contribution in [0.1, 0.15) is 29.0 Å². The van der Waals surface area contributed by atoms with E-state index in [1.807, 2.05) is 25.1 Å². The highest BCUT2D eigenvalue weighted by molar-refractivity contribution is 6.02. The molecule has 0 fully saturated rings. The molecule has 1 atom stereocenters. The van der Waals surface area contributed by atoms with E-state index in [2.05, 4.69) is 15.5 Å². The zero-order valence-corrected chi connectivity index (χ0v) is 14.5. The van der Waals surface area contributed by atoms with Gasteiger partial charge < -0.3 is 19.5 Å². The first-order valence-corrected chi connectivity index (χ1v) is 8.41. The number of rotatable bonds is 5. The van der Waals surface area contributed by atoms with E-state index < -0.39 is 18.5 Å². The maximum Gasteiger partial charge on any atom is 0.359 e. The number of carbonyl (C=O) groups is 2. The Balaban J connectivity index is 1.34. The molecule has 1 aliphatic heterocycles. The molecule has 0 saturated heterocycles. The summed E-state index contributed by atoms with van der Waals surface area (Å²) < 4.78 is 15.7. The Morgan fingerprint density at radius 3 is 2.93 bits per heavy atom. The Kier molecular flexibility index (Phi) is 4.37. The van der Waals surface area contributed by atoms with E-state index in [0.717, 1.165) is 11.1 Å². The number of nitrogens with zero attached hydrogens (tertiary/aromatic N) is 1. The fourth-order valence-electron chi connectivity index (χ4n) is 2.87. The second kappa shape index (κ2) is 6.99. The molecular formula is C19H17N3O5. The molecule has 0 aliphatic carbocycles. The molecule has 0 spiro atoms. The highest BCUT2D eigenvalue weighted by Crippen LogP contribution is 2.34. The van der Waals surface area contributed by atoms with Crippen molar-refractivity contribution in [3.05, 3.63) is 53.7 Å². The minimum atomic E-state index is -0.654. The van der Waals surface area contributed by atoms with Gasteiger partial charge in [0.1, 0.15) is 0 Å². The molecule has 3 aromatic rings. The van der Waals surface area contributed by atoms with Crippen LogP contribution < -0.4 is 14.8 Å². The number of nitrogens with one attached hydrogen (secondary N) is 2. The van der Waals surface area contributed by atoms with E-state index in [1.165, 1.54) is 0 Å². The molecule has 1 aliphatic rings. The Morgan fingerprint density at radius 1 is 1.22 bits per heavy atom. The first-order valence-electron chi connectivity index (χ1n) is 8.41. The fourth-order valence-corrected chi connectivity index (χ4v) is 2.87. The predicted molar refractivity (Wildman–Crippen MR) is 95.5 cm³/mol. The van der Waals surface area contributed by atoms with Crippen LogP contribution in [0, 0.1) is 0 Å². The lowest BCUT2D eigenvalue weighted by atomic mass is 10.1. The minimum Gasteiger partial charge on any atom is -0.454 e. The zero-order chi connectivity index (χ0) is 18.8. The summed E-state index contributed by atoms with van der Waals surface area (Å²) in [5.74, 6) is 0.259. The molecule has 2 N–H and O–H groups in total. The Morgan fingerprint density at radius 2 is 2.04 bits per heavy atom. The third-order valence-electron chi connectivity index (χ3n) is 4.27. The van der Waals surface area contributed by atoms with E-state index in [-0.39, 0.29) is 18.5 Å². The summed E-state index contributed by atoms with van der Waals surface area (Å²) in [5, 5.41) is 10.1. The van der Waals surface area contributed by atoms with Crippen LogP contribution in [0.2, 0.25) is 0 Å². The van der Waals surface area contributed by atoms with Crippen LogP contribution in [-0.4, -0.2) is 35.5 Å². The summed E-state index contributed by atoms with van der Waals surface area (Å²) in [6.07, 6.45) is 0. The molecule has 8 heteroatoms. The lowest BCUT2D eigenvalue weighted by molar-refractivity contribution is -0.124. The van der Waals surface area contributed by atoms with Gasteiger partial charge in [0.15, 0.2) is 23.8 Å². The number of hydrogen-bond acceptors (Lipinski definition) is 6. The third kappa shape index (κ3) is 3.41. The molecule has 138 valence electrons. The molecular weight excluding hydrogens is 350 g/mol. The number of aromatic amines is 1. The number of amides is 1. The Bertz CT molecular complexity index is 1010. The number of ether oxygens (including phenoxy) is 3. The van der Waals surface area contributed by atoms with Gasteiger partial charge >= 0.3 is 5.97 Å². The van der Waals surface area contributed by atoms with E-state index in [0.29, 0.717) is 16.9 Å². The zero-order valence-electron chi connectivity index (χ0n) is 14.5. The largest absolute Gasteiger partial charge is 0.454 e. The molecule has 1 amide bonds. The number of aromatic nitrogens is 2. The monoisotopic (exact) mass is 367 g/mol. The molecule has 4 rings (SSSR count). The van der Waals surface area contributed by atoms with Crippen LogP contribution in [0.15, 0.2) is 42.5 Å². The van der Waals surface area contributed by atoms with Gasteiger partial charge in [-0.1, -0.05) is 24.3 Å². The number of H-pyrrole nitrogens is 1. The van der Waals surface area contributed by atoms with Crippen LogP contribution in [0.3, 0.4) is 0 Å². The topological polar surface area (TPSA) is 103 Å². The number of fused-ring (bicyclic) bond motifs is 2. The SMILES string of the molecule is C[C@@H](NC(=O)COC(=O)c1n[nH]c2ccccc12)c1ccc2c(c1)OCO2. The normalized spacial score (nSPS) is 13.4. The van der Waals surface area contributed by atoms with Crippen molar-refractivity contribution in [3.8, 4) is 11.5 Å². The summed E-state index contributed by atoms with van der Waals surface area (Å²) >= 11 is 0. The van der Waals surface area contributed by atoms with Crippen molar-refractivity contribution in [1.29, 1.82) is 0 Å². The quantitative estimate of drug-likeness (QED) is 0.671. The minimum absolute atomic E-state index is 0.155. The van der Waals surface area contributed by atoms with Crippen LogP contribution in [-0.2, 0) is 9.53 Å². The van der Waals surface area contributed by atoms with Gasteiger partial charge in [-0.25, -0.2) is 4.79 Å². The highest BCUT2D eigenvalue weighted by Gasteiger charge is 2.19. The van der Waals surface area contributed by atoms with Crippen molar-refractivity contribution in [2.45, 2.75) is 13.0 Å². The Labute approximate surface area is 154 Å². The fraction of sp³-hybridized carbons (Fsp3) is 0.211. The van der Waals surface area contributed by atoms with Crippen molar-refractivity contribution in [3.63, 3.8) is 0 Å². The van der Waals surface area contributed by atoms with Crippen molar-refractivity contribution in [2.75, 3.05) is 13.4 Å². The molecule has 8 nitrogen and oxygen atoms in total. The van der Waals surface area contributed by atoms with Gasteiger partial charge in [0.2, 0.25) is 6.79 Å². The van der Waals surface area contributed by atoms with Gasteiger partial charge in [0.25, 0.3) is 5.91 Å². The molecule has 2 aromatic carbocycles. The number of esters is 1. The number of para-hydroxylation sites is 1. The molecule has 27 heavy (non-hydrogen) atoms. The first-order chi connectivity index (χ1) is 13.1. The standard InChI is InChI=1S/C19H17N3O5/c1-11(12-6-7-15-16(8-12)27-10-26-15)20-17(23)9-25-19(24)18-13-4-2-3-5-14(13)21-22-18/h2-8,11H,9-10H2,1H3,(H,20,23)(H,21,22)/t11-/m1/s1. The number of benzene rings is 2. The van der Waals surface area contributed by atoms with Crippen LogP contribution >= 0.6 is 0 Å². The van der Waals surface area contributed by atoms with E-state index in [1.54, 1.807) is 24.3 Å². The van der Waals surface area contributed by atoms with Gasteiger partial charge in [-0.15, -0.1) is 0 Å². The summed E-state index contributed by atoms with van der Waals surface area (Å²) in [7, 11) is 0. The van der Waals surface area contributed by atoms with Crippen molar-refractivity contribution in [1.82, 2.24) is 15.5 Å². The first kappa shape index (κ1) is 16.9. The second-order valence-corrected chi connectivity index (χ2v) is 6.10. The van der Waals surface area contributed by atoms with E-state index >= 15 is 0 Å². The smallest absolute Gasteiger partial charge is 0.359 e. The number of carbonyl (C=O) groups excluding carboxylic acids is 2. The number of hydrogen-bond donors (Lipinski definition) is 2. The summed E-state index contributed by atoms with van der Waals surface area (Å²) in [5.41, 5.74) is 1.74.